The van der Waals surface area contributed by atoms with Crippen LogP contribution < -0.4 is 9.47 Å². The topological polar surface area (TPSA) is 74.3 Å². The Morgan fingerprint density at radius 2 is 1.92 bits per heavy atom. The van der Waals surface area contributed by atoms with Gasteiger partial charge in [-0.15, -0.1) is 0 Å². The highest BCUT2D eigenvalue weighted by Gasteiger charge is 2.20. The summed E-state index contributed by atoms with van der Waals surface area (Å²) in [6, 6.07) is 3.18. The minimum absolute atomic E-state index is 0.231. The van der Waals surface area contributed by atoms with Crippen LogP contribution >= 0.6 is 0 Å². The number of morpholine rings is 1. The van der Waals surface area contributed by atoms with Crippen molar-refractivity contribution in [2.75, 3.05) is 47.1 Å². The molecule has 1 aromatic carbocycles. The molecule has 0 bridgehead atoms. The number of rotatable bonds is 6. The molecule has 0 N–H and O–H groups in total. The van der Waals surface area contributed by atoms with E-state index in [1.165, 1.54) is 20.3 Å². The number of amides is 1. The molecule has 1 aliphatic heterocycles. The van der Waals surface area contributed by atoms with Crippen molar-refractivity contribution in [2.45, 2.75) is 6.92 Å². The molecule has 1 heterocycles. The van der Waals surface area contributed by atoms with Crippen LogP contribution in [0.25, 0.3) is 6.08 Å². The molecule has 1 fully saturated rings. The minimum atomic E-state index is -0.590. The summed E-state index contributed by atoms with van der Waals surface area (Å²) in [4.78, 5) is 26.0. The second kappa shape index (κ2) is 9.08. The van der Waals surface area contributed by atoms with E-state index in [-0.39, 0.29) is 12.5 Å². The summed E-state index contributed by atoms with van der Waals surface area (Å²) in [6.45, 7) is 3.59. The van der Waals surface area contributed by atoms with Gasteiger partial charge in [0.05, 0.1) is 33.0 Å². The van der Waals surface area contributed by atoms with E-state index in [0.29, 0.717) is 48.9 Å². The molecule has 7 heteroatoms. The van der Waals surface area contributed by atoms with Gasteiger partial charge in [0.1, 0.15) is 0 Å². The van der Waals surface area contributed by atoms with Gasteiger partial charge in [0.2, 0.25) is 0 Å². The lowest BCUT2D eigenvalue weighted by molar-refractivity contribution is -0.138. The molecular weight excluding hydrogens is 326 g/mol. The molecule has 25 heavy (non-hydrogen) atoms. The maximum absolute atomic E-state index is 12.3. The van der Waals surface area contributed by atoms with Crippen molar-refractivity contribution in [1.29, 1.82) is 0 Å². The maximum Gasteiger partial charge on any atom is 0.338 e. The van der Waals surface area contributed by atoms with E-state index in [1.54, 1.807) is 17.0 Å². The number of hydrogen-bond donors (Lipinski definition) is 0. The second-order valence-electron chi connectivity index (χ2n) is 5.37. The Bertz CT molecular complexity index is 649. The van der Waals surface area contributed by atoms with E-state index < -0.39 is 5.97 Å². The normalized spacial score (nSPS) is 14.4. The number of allylic oxidation sites excluding steroid dienone is 1. The molecule has 1 amide bonds. The molecule has 0 unspecified atom stereocenters. The summed E-state index contributed by atoms with van der Waals surface area (Å²) < 4.78 is 21.0. The average molecular weight is 349 g/mol. The van der Waals surface area contributed by atoms with Gasteiger partial charge in [-0.1, -0.05) is 12.2 Å². The molecule has 136 valence electrons. The van der Waals surface area contributed by atoms with E-state index in [0.717, 1.165) is 0 Å². The first kappa shape index (κ1) is 18.8. The lowest BCUT2D eigenvalue weighted by Gasteiger charge is -2.26. The van der Waals surface area contributed by atoms with Gasteiger partial charge < -0.3 is 23.8 Å². The number of methoxy groups -OCH3 is 2. The average Bonchev–Trinajstić information content (AvgIpc) is 2.66. The van der Waals surface area contributed by atoms with Crippen molar-refractivity contribution < 1.29 is 28.5 Å². The Kier molecular flexibility index (Phi) is 6.82. The summed E-state index contributed by atoms with van der Waals surface area (Å²) in [5, 5.41) is 0. The van der Waals surface area contributed by atoms with E-state index in [2.05, 4.69) is 0 Å². The van der Waals surface area contributed by atoms with Crippen LogP contribution in [-0.4, -0.2) is 63.9 Å². The van der Waals surface area contributed by atoms with Crippen molar-refractivity contribution in [3.8, 4) is 11.5 Å². The number of esters is 1. The fourth-order valence-electron chi connectivity index (χ4n) is 2.53. The first-order chi connectivity index (χ1) is 12.1. The lowest BCUT2D eigenvalue weighted by Crippen LogP contribution is -2.42. The SMILES string of the molecule is C/C=C/c1cc(C(=O)OCC(=O)N2CCOCC2)cc(OC)c1OC. The van der Waals surface area contributed by atoms with Gasteiger partial charge in [-0.3, -0.25) is 4.79 Å². The van der Waals surface area contributed by atoms with Gasteiger partial charge >= 0.3 is 5.97 Å². The predicted octanol–water partition coefficient (Wildman–Crippen LogP) is 1.75. The fraction of sp³-hybridized carbons (Fsp3) is 0.444. The van der Waals surface area contributed by atoms with Crippen LogP contribution in [0.5, 0.6) is 11.5 Å². The van der Waals surface area contributed by atoms with E-state index in [4.69, 9.17) is 18.9 Å². The number of carbonyl (C=O) groups excluding carboxylic acids is 2. The van der Waals surface area contributed by atoms with E-state index in [1.807, 2.05) is 13.0 Å². The third-order valence-corrected chi connectivity index (χ3v) is 3.78. The van der Waals surface area contributed by atoms with Crippen molar-refractivity contribution in [1.82, 2.24) is 4.90 Å². The van der Waals surface area contributed by atoms with Crippen LogP contribution in [0.3, 0.4) is 0 Å². The Labute approximate surface area is 147 Å². The monoisotopic (exact) mass is 349 g/mol. The van der Waals surface area contributed by atoms with E-state index >= 15 is 0 Å². The minimum Gasteiger partial charge on any atom is -0.493 e. The second-order valence-corrected chi connectivity index (χ2v) is 5.37. The van der Waals surface area contributed by atoms with Crippen molar-refractivity contribution in [3.63, 3.8) is 0 Å². The van der Waals surface area contributed by atoms with Gasteiger partial charge in [-0.05, 0) is 19.1 Å². The van der Waals surface area contributed by atoms with Gasteiger partial charge in [-0.2, -0.15) is 0 Å². The molecule has 0 aliphatic carbocycles. The molecule has 0 saturated carbocycles. The van der Waals surface area contributed by atoms with Gasteiger partial charge in [0.15, 0.2) is 18.1 Å². The Morgan fingerprint density at radius 1 is 1.20 bits per heavy atom. The number of ether oxygens (including phenoxy) is 4. The zero-order valence-corrected chi connectivity index (χ0v) is 14.7. The third-order valence-electron chi connectivity index (χ3n) is 3.78. The highest BCUT2D eigenvalue weighted by Crippen LogP contribution is 2.33. The third kappa shape index (κ3) is 4.73. The van der Waals surface area contributed by atoms with Crippen molar-refractivity contribution in [3.05, 3.63) is 29.3 Å². The molecule has 1 aromatic rings. The summed E-state index contributed by atoms with van der Waals surface area (Å²) in [7, 11) is 3.03. The Balaban J connectivity index is 2.10. The molecule has 7 nitrogen and oxygen atoms in total. The number of benzene rings is 1. The smallest absolute Gasteiger partial charge is 0.338 e. The van der Waals surface area contributed by atoms with Gasteiger partial charge in [0, 0.05) is 18.7 Å². The molecule has 0 aromatic heterocycles. The highest BCUT2D eigenvalue weighted by atomic mass is 16.5. The lowest BCUT2D eigenvalue weighted by atomic mass is 10.1. The van der Waals surface area contributed by atoms with Crippen molar-refractivity contribution in [2.24, 2.45) is 0 Å². The maximum atomic E-state index is 12.3. The number of carbonyl (C=O) groups is 2. The zero-order chi connectivity index (χ0) is 18.2. The summed E-state index contributed by atoms with van der Waals surface area (Å²) in [5.41, 5.74) is 0.983. The molecule has 0 spiro atoms. The molecule has 1 aliphatic rings. The molecule has 2 rings (SSSR count). The fourth-order valence-corrected chi connectivity index (χ4v) is 2.53. The highest BCUT2D eigenvalue weighted by molar-refractivity contribution is 5.93. The number of nitrogens with zero attached hydrogens (tertiary/aromatic N) is 1. The largest absolute Gasteiger partial charge is 0.493 e. The Hall–Kier alpha value is -2.54. The van der Waals surface area contributed by atoms with E-state index in [9.17, 15) is 9.59 Å². The molecular formula is C18H23NO6. The summed E-state index contributed by atoms with van der Waals surface area (Å²) >= 11 is 0. The Morgan fingerprint density at radius 3 is 2.52 bits per heavy atom. The standard InChI is InChI=1S/C18H23NO6/c1-4-5-13-10-14(11-15(22-2)17(13)23-3)18(21)25-12-16(20)19-6-8-24-9-7-19/h4-5,10-11H,6-9,12H2,1-3H3/b5-4+. The number of hydrogen-bond acceptors (Lipinski definition) is 6. The first-order valence-electron chi connectivity index (χ1n) is 8.02. The van der Waals surface area contributed by atoms with Crippen molar-refractivity contribution >= 4 is 18.0 Å². The van der Waals surface area contributed by atoms with Crippen LogP contribution in [0.15, 0.2) is 18.2 Å². The quantitative estimate of drug-likeness (QED) is 0.729. The molecule has 1 saturated heterocycles. The van der Waals surface area contributed by atoms with Crippen LogP contribution in [-0.2, 0) is 14.3 Å². The van der Waals surface area contributed by atoms with Gasteiger partial charge in [0.25, 0.3) is 5.91 Å². The molecule has 0 atom stereocenters. The summed E-state index contributed by atoms with van der Waals surface area (Å²) in [6.07, 6.45) is 3.63. The van der Waals surface area contributed by atoms with Crippen LogP contribution in [0.2, 0.25) is 0 Å². The van der Waals surface area contributed by atoms with Gasteiger partial charge in [-0.25, -0.2) is 4.79 Å². The van der Waals surface area contributed by atoms with Crippen LogP contribution in [0.4, 0.5) is 0 Å². The summed E-state index contributed by atoms with van der Waals surface area (Å²) in [5.74, 6) is 0.130. The first-order valence-corrected chi connectivity index (χ1v) is 8.02. The van der Waals surface area contributed by atoms with Crippen LogP contribution in [0.1, 0.15) is 22.8 Å². The molecule has 0 radical (unpaired) electrons. The predicted molar refractivity (Wildman–Crippen MR) is 91.9 cm³/mol. The zero-order valence-electron chi connectivity index (χ0n) is 14.7. The van der Waals surface area contributed by atoms with Crippen LogP contribution in [0, 0.1) is 0 Å².